The summed E-state index contributed by atoms with van der Waals surface area (Å²) in [5.74, 6) is -0.271. The number of hydrogen-bond donors (Lipinski definition) is 2. The predicted molar refractivity (Wildman–Crippen MR) is 67.6 cm³/mol. The molecule has 0 aromatic heterocycles. The van der Waals surface area contributed by atoms with Gasteiger partial charge in [0.05, 0.1) is 5.56 Å². The summed E-state index contributed by atoms with van der Waals surface area (Å²) in [6, 6.07) is 4.81. The molecule has 0 aliphatic rings. The van der Waals surface area contributed by atoms with Crippen LogP contribution in [0.3, 0.4) is 0 Å². The van der Waals surface area contributed by atoms with Crippen molar-refractivity contribution in [2.45, 2.75) is 13.3 Å². The second kappa shape index (κ2) is 6.33. The highest BCUT2D eigenvalue weighted by molar-refractivity contribution is 9.10. The minimum atomic E-state index is -0.255. The van der Waals surface area contributed by atoms with Gasteiger partial charge in [-0.25, -0.2) is 0 Å². The third kappa shape index (κ3) is 3.70. The summed E-state index contributed by atoms with van der Waals surface area (Å²) in [6.07, 6.45) is 4.70. The summed E-state index contributed by atoms with van der Waals surface area (Å²) in [5.41, 5.74) is 0.295. The van der Waals surface area contributed by atoms with E-state index in [4.69, 9.17) is 0 Å². The van der Waals surface area contributed by atoms with Crippen LogP contribution in [0.5, 0.6) is 5.75 Å². The lowest BCUT2D eigenvalue weighted by molar-refractivity contribution is 0.0951. The van der Waals surface area contributed by atoms with Crippen LogP contribution >= 0.6 is 15.9 Å². The Kier molecular flexibility index (Phi) is 5.05. The molecule has 4 heteroatoms. The molecule has 0 radical (unpaired) electrons. The van der Waals surface area contributed by atoms with Gasteiger partial charge in [0, 0.05) is 11.0 Å². The van der Waals surface area contributed by atoms with Crippen molar-refractivity contribution in [2.75, 3.05) is 6.54 Å². The fourth-order valence-corrected chi connectivity index (χ4v) is 1.58. The zero-order valence-corrected chi connectivity index (χ0v) is 10.6. The maximum Gasteiger partial charge on any atom is 0.255 e. The van der Waals surface area contributed by atoms with E-state index in [1.165, 1.54) is 6.07 Å². The second-order valence-corrected chi connectivity index (χ2v) is 4.19. The van der Waals surface area contributed by atoms with Crippen LogP contribution in [0.4, 0.5) is 0 Å². The molecule has 16 heavy (non-hydrogen) atoms. The van der Waals surface area contributed by atoms with Crippen molar-refractivity contribution in [3.8, 4) is 5.75 Å². The van der Waals surface area contributed by atoms with Gasteiger partial charge in [-0.3, -0.25) is 4.79 Å². The van der Waals surface area contributed by atoms with Crippen LogP contribution in [0.1, 0.15) is 23.7 Å². The highest BCUT2D eigenvalue weighted by Crippen LogP contribution is 2.21. The first-order valence-electron chi connectivity index (χ1n) is 5.03. The maximum absolute atomic E-state index is 11.6. The fourth-order valence-electron chi connectivity index (χ4n) is 1.23. The van der Waals surface area contributed by atoms with Crippen molar-refractivity contribution < 1.29 is 9.90 Å². The van der Waals surface area contributed by atoms with E-state index in [1.54, 1.807) is 12.1 Å². The van der Waals surface area contributed by atoms with Gasteiger partial charge < -0.3 is 10.4 Å². The SMILES string of the molecule is C/C=C/CCNC(=O)c1ccc(Br)cc1O. The largest absolute Gasteiger partial charge is 0.507 e. The molecule has 0 spiro atoms. The van der Waals surface area contributed by atoms with Gasteiger partial charge in [0.2, 0.25) is 0 Å². The van der Waals surface area contributed by atoms with Crippen LogP contribution in [-0.2, 0) is 0 Å². The molecule has 0 saturated carbocycles. The summed E-state index contributed by atoms with van der Waals surface area (Å²) >= 11 is 3.22. The van der Waals surface area contributed by atoms with E-state index in [-0.39, 0.29) is 11.7 Å². The summed E-state index contributed by atoms with van der Waals surface area (Å²) in [6.45, 7) is 2.50. The maximum atomic E-state index is 11.6. The molecule has 1 rings (SSSR count). The van der Waals surface area contributed by atoms with Gasteiger partial charge in [-0.05, 0) is 31.5 Å². The fraction of sp³-hybridized carbons (Fsp3) is 0.250. The standard InChI is InChI=1S/C12H14BrNO2/c1-2-3-4-7-14-12(16)10-6-5-9(13)8-11(10)15/h2-3,5-6,8,15H,4,7H2,1H3,(H,14,16)/b3-2+. The highest BCUT2D eigenvalue weighted by atomic mass is 79.9. The Labute approximate surface area is 103 Å². The van der Waals surface area contributed by atoms with Gasteiger partial charge in [-0.15, -0.1) is 0 Å². The number of aromatic hydroxyl groups is 1. The number of hydrogen-bond acceptors (Lipinski definition) is 2. The molecule has 0 aliphatic carbocycles. The lowest BCUT2D eigenvalue weighted by Crippen LogP contribution is -2.24. The van der Waals surface area contributed by atoms with Gasteiger partial charge in [-0.2, -0.15) is 0 Å². The first kappa shape index (κ1) is 12.8. The van der Waals surface area contributed by atoms with Crippen molar-refractivity contribution in [1.29, 1.82) is 0 Å². The number of phenolic OH excluding ortho intramolecular Hbond substituents is 1. The van der Waals surface area contributed by atoms with Crippen molar-refractivity contribution in [1.82, 2.24) is 5.32 Å². The highest BCUT2D eigenvalue weighted by Gasteiger charge is 2.09. The van der Waals surface area contributed by atoms with Gasteiger partial charge >= 0.3 is 0 Å². The van der Waals surface area contributed by atoms with Crippen molar-refractivity contribution in [2.24, 2.45) is 0 Å². The molecule has 2 N–H and O–H groups in total. The molecule has 0 heterocycles. The van der Waals surface area contributed by atoms with E-state index >= 15 is 0 Å². The average Bonchev–Trinajstić information content (AvgIpc) is 2.24. The predicted octanol–water partition coefficient (Wildman–Crippen LogP) is 2.85. The van der Waals surface area contributed by atoms with E-state index in [1.807, 2.05) is 19.1 Å². The Hall–Kier alpha value is -1.29. The van der Waals surface area contributed by atoms with Gasteiger partial charge in [0.15, 0.2) is 0 Å². The van der Waals surface area contributed by atoms with Gasteiger partial charge in [0.1, 0.15) is 5.75 Å². The number of nitrogens with one attached hydrogen (secondary N) is 1. The molecule has 0 bridgehead atoms. The number of allylic oxidation sites excluding steroid dienone is 1. The normalized spacial score (nSPS) is 10.6. The molecular formula is C12H14BrNO2. The number of benzene rings is 1. The van der Waals surface area contributed by atoms with E-state index in [0.29, 0.717) is 12.1 Å². The molecule has 0 aliphatic heterocycles. The summed E-state index contributed by atoms with van der Waals surface area (Å²) in [4.78, 5) is 11.6. The van der Waals surface area contributed by atoms with E-state index in [9.17, 15) is 9.90 Å². The average molecular weight is 284 g/mol. The monoisotopic (exact) mass is 283 g/mol. The van der Waals surface area contributed by atoms with Gasteiger partial charge in [0.25, 0.3) is 5.91 Å². The van der Waals surface area contributed by atoms with Crippen LogP contribution in [0.2, 0.25) is 0 Å². The molecule has 0 saturated heterocycles. The smallest absolute Gasteiger partial charge is 0.255 e. The Morgan fingerprint density at radius 2 is 2.31 bits per heavy atom. The third-order valence-corrected chi connectivity index (χ3v) is 2.53. The molecule has 1 aromatic carbocycles. The zero-order valence-electron chi connectivity index (χ0n) is 9.03. The number of rotatable bonds is 4. The van der Waals surface area contributed by atoms with Crippen LogP contribution < -0.4 is 5.32 Å². The van der Waals surface area contributed by atoms with Crippen molar-refractivity contribution in [3.63, 3.8) is 0 Å². The molecule has 0 atom stereocenters. The minimum absolute atomic E-state index is 0.0158. The molecule has 86 valence electrons. The van der Waals surface area contributed by atoms with Crippen LogP contribution in [0, 0.1) is 0 Å². The van der Waals surface area contributed by atoms with E-state index < -0.39 is 0 Å². The molecular weight excluding hydrogens is 270 g/mol. The summed E-state index contributed by atoms with van der Waals surface area (Å²) < 4.78 is 0.746. The van der Waals surface area contributed by atoms with Crippen LogP contribution in [0.25, 0.3) is 0 Å². The zero-order chi connectivity index (χ0) is 12.0. The Morgan fingerprint density at radius 1 is 1.56 bits per heavy atom. The summed E-state index contributed by atoms with van der Waals surface area (Å²) in [5, 5.41) is 12.3. The Bertz CT molecular complexity index is 402. The lowest BCUT2D eigenvalue weighted by atomic mass is 10.2. The molecule has 1 amide bonds. The van der Waals surface area contributed by atoms with E-state index in [2.05, 4.69) is 21.2 Å². The molecule has 3 nitrogen and oxygen atoms in total. The molecule has 0 unspecified atom stereocenters. The Balaban J connectivity index is 2.59. The first-order valence-corrected chi connectivity index (χ1v) is 5.82. The van der Waals surface area contributed by atoms with Crippen molar-refractivity contribution >= 4 is 21.8 Å². The first-order chi connectivity index (χ1) is 7.65. The number of amides is 1. The number of phenols is 1. The lowest BCUT2D eigenvalue weighted by Gasteiger charge is -2.05. The molecule has 1 aromatic rings. The number of halogens is 1. The topological polar surface area (TPSA) is 49.3 Å². The molecule has 0 fully saturated rings. The Morgan fingerprint density at radius 3 is 2.94 bits per heavy atom. The quantitative estimate of drug-likeness (QED) is 0.659. The van der Waals surface area contributed by atoms with E-state index in [0.717, 1.165) is 10.9 Å². The number of carbonyl (C=O) groups is 1. The van der Waals surface area contributed by atoms with Gasteiger partial charge in [-0.1, -0.05) is 28.1 Å². The summed E-state index contributed by atoms with van der Waals surface area (Å²) in [7, 11) is 0. The number of carbonyl (C=O) groups excluding carboxylic acids is 1. The van der Waals surface area contributed by atoms with Crippen molar-refractivity contribution in [3.05, 3.63) is 40.4 Å². The van der Waals surface area contributed by atoms with Crippen LogP contribution in [-0.4, -0.2) is 17.6 Å². The van der Waals surface area contributed by atoms with Crippen LogP contribution in [0.15, 0.2) is 34.8 Å². The third-order valence-electron chi connectivity index (χ3n) is 2.04. The minimum Gasteiger partial charge on any atom is -0.507 e. The second-order valence-electron chi connectivity index (χ2n) is 3.28.